The molecule has 0 unspecified atom stereocenters. The molecule has 2 aromatic rings. The van der Waals surface area contributed by atoms with Gasteiger partial charge in [-0.2, -0.15) is 0 Å². The van der Waals surface area contributed by atoms with Gasteiger partial charge in [-0.05, 0) is 11.6 Å². The second-order valence-corrected chi connectivity index (χ2v) is 6.23. The van der Waals surface area contributed by atoms with E-state index in [9.17, 15) is 4.79 Å². The zero-order chi connectivity index (χ0) is 16.4. The number of benzene rings is 1. The molecule has 1 aliphatic heterocycles. The van der Waals surface area contributed by atoms with Gasteiger partial charge in [-0.25, -0.2) is 0 Å². The van der Waals surface area contributed by atoms with Crippen LogP contribution in [0.4, 0.5) is 5.69 Å². The highest BCUT2D eigenvalue weighted by atomic mass is 35.5. The number of rotatable bonds is 4. The van der Waals surface area contributed by atoms with Crippen LogP contribution in [0.25, 0.3) is 10.9 Å². The second kappa shape index (κ2) is 6.97. The molecule has 3 rings (SSSR count). The number of H-pyrrole nitrogens is 1. The van der Waals surface area contributed by atoms with Crippen LogP contribution in [0.2, 0.25) is 10.0 Å². The van der Waals surface area contributed by atoms with Crippen molar-refractivity contribution in [3.8, 4) is 0 Å². The van der Waals surface area contributed by atoms with Gasteiger partial charge in [-0.3, -0.25) is 4.79 Å². The normalized spacial score (nSPS) is 15.3. The SMILES string of the molecule is Nc1c(CNCC(=O)N2CCOCC2)cc(Cl)c2c(Cl)c[nH]c12. The molecular formula is C15H18Cl2N4O2. The predicted octanol–water partition coefficient (Wildman–Crippen LogP) is 2.01. The molecule has 0 bridgehead atoms. The molecule has 1 amide bonds. The first-order valence-corrected chi connectivity index (χ1v) is 8.13. The lowest BCUT2D eigenvalue weighted by Gasteiger charge is -2.27. The Morgan fingerprint density at radius 3 is 2.83 bits per heavy atom. The van der Waals surface area contributed by atoms with Gasteiger partial charge >= 0.3 is 0 Å². The molecule has 0 radical (unpaired) electrons. The summed E-state index contributed by atoms with van der Waals surface area (Å²) in [6.07, 6.45) is 1.66. The number of hydrogen-bond donors (Lipinski definition) is 3. The van der Waals surface area contributed by atoms with E-state index in [0.29, 0.717) is 48.6 Å². The monoisotopic (exact) mass is 356 g/mol. The van der Waals surface area contributed by atoms with E-state index in [1.807, 2.05) is 0 Å². The third-order valence-corrected chi connectivity index (χ3v) is 4.54. The van der Waals surface area contributed by atoms with E-state index in [4.69, 9.17) is 33.7 Å². The Labute approximate surface area is 143 Å². The van der Waals surface area contributed by atoms with Crippen LogP contribution >= 0.6 is 23.2 Å². The lowest BCUT2D eigenvalue weighted by atomic mass is 10.1. The largest absolute Gasteiger partial charge is 0.397 e. The summed E-state index contributed by atoms with van der Waals surface area (Å²) in [5.74, 6) is 0.0574. The van der Waals surface area contributed by atoms with Gasteiger partial charge in [-0.1, -0.05) is 23.2 Å². The summed E-state index contributed by atoms with van der Waals surface area (Å²) >= 11 is 12.4. The maximum atomic E-state index is 12.1. The number of aromatic amines is 1. The van der Waals surface area contributed by atoms with Gasteiger partial charge < -0.3 is 25.7 Å². The Hall–Kier alpha value is -1.47. The number of nitrogen functional groups attached to an aromatic ring is 1. The number of hydrogen-bond acceptors (Lipinski definition) is 4. The Kier molecular flexibility index (Phi) is 4.96. The molecule has 6 nitrogen and oxygen atoms in total. The van der Waals surface area contributed by atoms with Gasteiger partial charge in [0.2, 0.25) is 5.91 Å². The standard InChI is InChI=1S/C15H18Cl2N4O2/c16-10-5-9(14(18)15-13(10)11(17)7-20-15)6-19-8-12(22)21-1-3-23-4-2-21/h5,7,19-20H,1-4,6,8,18H2. The maximum Gasteiger partial charge on any atom is 0.236 e. The number of ether oxygens (including phenoxy) is 1. The maximum absolute atomic E-state index is 12.1. The van der Waals surface area contributed by atoms with Crippen LogP contribution < -0.4 is 11.1 Å². The first-order chi connectivity index (χ1) is 11.1. The summed E-state index contributed by atoms with van der Waals surface area (Å²) < 4.78 is 5.24. The van der Waals surface area contributed by atoms with Crippen molar-refractivity contribution in [2.45, 2.75) is 6.54 Å². The third kappa shape index (κ3) is 3.40. The number of nitrogens with one attached hydrogen (secondary N) is 2. The van der Waals surface area contributed by atoms with E-state index in [-0.39, 0.29) is 12.5 Å². The van der Waals surface area contributed by atoms with Crippen LogP contribution in [-0.4, -0.2) is 48.6 Å². The molecule has 8 heteroatoms. The summed E-state index contributed by atoms with van der Waals surface area (Å²) in [6.45, 7) is 3.18. The second-order valence-electron chi connectivity index (χ2n) is 5.41. The number of carbonyl (C=O) groups is 1. The minimum Gasteiger partial charge on any atom is -0.397 e. The van der Waals surface area contributed by atoms with Crippen LogP contribution in [0.1, 0.15) is 5.56 Å². The molecule has 1 aromatic carbocycles. The first-order valence-electron chi connectivity index (χ1n) is 7.37. The number of halogens is 2. The molecule has 1 aliphatic rings. The van der Waals surface area contributed by atoms with Crippen LogP contribution in [0, 0.1) is 0 Å². The molecule has 2 heterocycles. The summed E-state index contributed by atoms with van der Waals surface area (Å²) in [6, 6.07) is 1.78. The topological polar surface area (TPSA) is 83.4 Å². The van der Waals surface area contributed by atoms with Gasteiger partial charge in [0, 0.05) is 31.2 Å². The molecule has 0 saturated carbocycles. The highest BCUT2D eigenvalue weighted by molar-refractivity contribution is 6.42. The van der Waals surface area contributed by atoms with E-state index in [1.54, 1.807) is 17.2 Å². The highest BCUT2D eigenvalue weighted by Gasteiger charge is 2.17. The number of aromatic nitrogens is 1. The zero-order valence-electron chi connectivity index (χ0n) is 12.5. The molecule has 4 N–H and O–H groups in total. The van der Waals surface area contributed by atoms with E-state index >= 15 is 0 Å². The minimum absolute atomic E-state index is 0.0574. The fraction of sp³-hybridized carbons (Fsp3) is 0.400. The lowest BCUT2D eigenvalue weighted by Crippen LogP contribution is -2.44. The molecule has 1 fully saturated rings. The van der Waals surface area contributed by atoms with Crippen LogP contribution in [0.3, 0.4) is 0 Å². The number of nitrogens with two attached hydrogens (primary N) is 1. The number of anilines is 1. The van der Waals surface area contributed by atoms with Gasteiger partial charge in [-0.15, -0.1) is 0 Å². The first kappa shape index (κ1) is 16.4. The summed E-state index contributed by atoms with van der Waals surface area (Å²) in [4.78, 5) is 16.9. The Morgan fingerprint density at radius 1 is 1.35 bits per heavy atom. The molecule has 124 valence electrons. The molecule has 1 saturated heterocycles. The van der Waals surface area contributed by atoms with Crippen LogP contribution in [-0.2, 0) is 16.1 Å². The summed E-state index contributed by atoms with van der Waals surface area (Å²) in [5, 5.41) is 4.92. The average molecular weight is 357 g/mol. The number of carbonyl (C=O) groups excluding carboxylic acids is 1. The van der Waals surface area contributed by atoms with Crippen molar-refractivity contribution in [1.82, 2.24) is 15.2 Å². The fourth-order valence-corrected chi connectivity index (χ4v) is 3.31. The van der Waals surface area contributed by atoms with Crippen molar-refractivity contribution in [1.29, 1.82) is 0 Å². The number of fused-ring (bicyclic) bond motifs is 1. The predicted molar refractivity (Wildman–Crippen MR) is 91.8 cm³/mol. The number of nitrogens with zero attached hydrogens (tertiary/aromatic N) is 1. The van der Waals surface area contributed by atoms with Crippen molar-refractivity contribution in [3.63, 3.8) is 0 Å². The number of amides is 1. The van der Waals surface area contributed by atoms with Crippen molar-refractivity contribution in [3.05, 3.63) is 27.9 Å². The van der Waals surface area contributed by atoms with Crippen LogP contribution in [0.15, 0.2) is 12.3 Å². The smallest absolute Gasteiger partial charge is 0.236 e. The number of morpholine rings is 1. The lowest BCUT2D eigenvalue weighted by molar-refractivity contribution is -0.134. The quantitative estimate of drug-likeness (QED) is 0.731. The van der Waals surface area contributed by atoms with E-state index in [0.717, 1.165) is 16.5 Å². The molecule has 23 heavy (non-hydrogen) atoms. The van der Waals surface area contributed by atoms with Gasteiger partial charge in [0.1, 0.15) is 0 Å². The molecule has 0 atom stereocenters. The molecule has 0 spiro atoms. The molecular weight excluding hydrogens is 339 g/mol. The Morgan fingerprint density at radius 2 is 2.09 bits per heavy atom. The van der Waals surface area contributed by atoms with Crippen LogP contribution in [0.5, 0.6) is 0 Å². The summed E-state index contributed by atoms with van der Waals surface area (Å²) in [7, 11) is 0. The van der Waals surface area contributed by atoms with Crippen molar-refractivity contribution >= 4 is 45.7 Å². The summed E-state index contributed by atoms with van der Waals surface area (Å²) in [5.41, 5.74) is 8.30. The minimum atomic E-state index is 0.0574. The van der Waals surface area contributed by atoms with Gasteiger partial charge in [0.15, 0.2) is 0 Å². The Balaban J connectivity index is 1.65. The van der Waals surface area contributed by atoms with E-state index < -0.39 is 0 Å². The zero-order valence-corrected chi connectivity index (χ0v) is 14.0. The molecule has 1 aromatic heterocycles. The van der Waals surface area contributed by atoms with Gasteiger partial charge in [0.05, 0.1) is 41.0 Å². The highest BCUT2D eigenvalue weighted by Crippen LogP contribution is 2.35. The van der Waals surface area contributed by atoms with E-state index in [1.165, 1.54) is 0 Å². The van der Waals surface area contributed by atoms with Crippen molar-refractivity contribution < 1.29 is 9.53 Å². The average Bonchev–Trinajstić information content (AvgIpc) is 2.95. The third-order valence-electron chi connectivity index (χ3n) is 3.94. The van der Waals surface area contributed by atoms with E-state index in [2.05, 4.69) is 10.3 Å². The molecule has 0 aliphatic carbocycles. The van der Waals surface area contributed by atoms with Gasteiger partial charge in [0.25, 0.3) is 0 Å². The Bertz CT molecular complexity index is 726. The fourth-order valence-electron chi connectivity index (χ4n) is 2.68. The van der Waals surface area contributed by atoms with Crippen molar-refractivity contribution in [2.24, 2.45) is 0 Å². The van der Waals surface area contributed by atoms with Crippen molar-refractivity contribution in [2.75, 3.05) is 38.6 Å².